The molecule has 1 amide bonds. The number of rotatable bonds is 4. The second-order valence-electron chi connectivity index (χ2n) is 5.15. The molecule has 1 heterocycles. The molecule has 6 nitrogen and oxygen atoms in total. The summed E-state index contributed by atoms with van der Waals surface area (Å²) in [4.78, 5) is 24.4. The third-order valence-electron chi connectivity index (χ3n) is 3.60. The van der Waals surface area contributed by atoms with Crippen LogP contribution in [-0.4, -0.2) is 20.1 Å². The van der Waals surface area contributed by atoms with E-state index in [-0.39, 0.29) is 11.5 Å². The number of carbonyl (C=O) groups is 1. The fourth-order valence-electron chi connectivity index (χ4n) is 2.34. The summed E-state index contributed by atoms with van der Waals surface area (Å²) in [5, 5.41) is 3.38. The lowest BCUT2D eigenvalue weighted by atomic mass is 10.1. The minimum Gasteiger partial charge on any atom is -0.497 e. The number of benzene rings is 2. The molecule has 0 spiro atoms. The van der Waals surface area contributed by atoms with E-state index in [4.69, 9.17) is 13.9 Å². The first kappa shape index (κ1) is 16.5. The maximum atomic E-state index is 13.4. The quantitative estimate of drug-likeness (QED) is 0.787. The molecule has 1 N–H and O–H groups in total. The number of ether oxygens (including phenoxy) is 2. The van der Waals surface area contributed by atoms with Crippen LogP contribution in [0.4, 0.5) is 10.1 Å². The highest BCUT2D eigenvalue weighted by Crippen LogP contribution is 2.23. The summed E-state index contributed by atoms with van der Waals surface area (Å²) < 4.78 is 28.5. The Balaban J connectivity index is 1.95. The van der Waals surface area contributed by atoms with Gasteiger partial charge in [0.05, 0.1) is 19.6 Å². The highest BCUT2D eigenvalue weighted by Gasteiger charge is 2.14. The van der Waals surface area contributed by atoms with E-state index in [9.17, 15) is 14.0 Å². The number of carbonyl (C=O) groups excluding carboxylic acids is 1. The Morgan fingerprint density at radius 2 is 1.88 bits per heavy atom. The van der Waals surface area contributed by atoms with Gasteiger partial charge in [-0.05, 0) is 41.8 Å². The van der Waals surface area contributed by atoms with Crippen molar-refractivity contribution < 1.29 is 23.1 Å². The largest absolute Gasteiger partial charge is 0.497 e. The fourth-order valence-corrected chi connectivity index (χ4v) is 2.34. The van der Waals surface area contributed by atoms with Crippen LogP contribution in [0.15, 0.2) is 51.7 Å². The van der Waals surface area contributed by atoms with Gasteiger partial charge >= 0.3 is 5.63 Å². The van der Waals surface area contributed by atoms with E-state index in [1.54, 1.807) is 18.2 Å². The molecule has 0 aliphatic rings. The summed E-state index contributed by atoms with van der Waals surface area (Å²) in [5.41, 5.74) is -0.335. The van der Waals surface area contributed by atoms with Crippen LogP contribution >= 0.6 is 0 Å². The summed E-state index contributed by atoms with van der Waals surface area (Å²) in [6.45, 7) is 0. The van der Waals surface area contributed by atoms with Crippen molar-refractivity contribution in [2.75, 3.05) is 19.5 Å². The van der Waals surface area contributed by atoms with Crippen LogP contribution in [0.3, 0.4) is 0 Å². The van der Waals surface area contributed by atoms with Gasteiger partial charge in [0.15, 0.2) is 17.3 Å². The molecule has 0 fully saturated rings. The zero-order chi connectivity index (χ0) is 18.0. The predicted octanol–water partition coefficient (Wildman–Crippen LogP) is 3.20. The second kappa shape index (κ2) is 6.64. The van der Waals surface area contributed by atoms with Crippen LogP contribution in [0, 0.1) is 5.82 Å². The van der Waals surface area contributed by atoms with Crippen molar-refractivity contribution in [2.45, 2.75) is 0 Å². The van der Waals surface area contributed by atoms with Gasteiger partial charge in [-0.1, -0.05) is 0 Å². The summed E-state index contributed by atoms with van der Waals surface area (Å²) in [7, 11) is 2.82. The van der Waals surface area contributed by atoms with E-state index >= 15 is 0 Å². The standard InChI is InChI=1S/C18H14FNO5/c1-23-12-4-5-13-10(7-12)8-16(25-18(13)22)17(21)20-11-3-6-14(19)15(9-11)24-2/h3-9H,1-2H3,(H,20,21). The number of hydrogen-bond acceptors (Lipinski definition) is 5. The molecular formula is C18H14FNO5. The lowest BCUT2D eigenvalue weighted by molar-refractivity contribution is 0.0993. The van der Waals surface area contributed by atoms with Gasteiger partial charge in [0, 0.05) is 11.8 Å². The van der Waals surface area contributed by atoms with Crippen LogP contribution in [-0.2, 0) is 0 Å². The van der Waals surface area contributed by atoms with Gasteiger partial charge in [-0.15, -0.1) is 0 Å². The highest BCUT2D eigenvalue weighted by atomic mass is 19.1. The molecule has 2 aromatic carbocycles. The number of nitrogens with one attached hydrogen (secondary N) is 1. The molecular weight excluding hydrogens is 329 g/mol. The zero-order valence-corrected chi connectivity index (χ0v) is 13.5. The van der Waals surface area contributed by atoms with Crippen molar-refractivity contribution in [3.8, 4) is 11.5 Å². The van der Waals surface area contributed by atoms with E-state index in [1.807, 2.05) is 0 Å². The highest BCUT2D eigenvalue weighted by molar-refractivity contribution is 6.04. The summed E-state index contributed by atoms with van der Waals surface area (Å²) >= 11 is 0. The molecule has 3 aromatic rings. The number of amides is 1. The molecule has 0 aliphatic heterocycles. The Morgan fingerprint density at radius 3 is 2.60 bits per heavy atom. The molecule has 0 unspecified atom stereocenters. The lowest BCUT2D eigenvalue weighted by Crippen LogP contribution is -2.15. The molecule has 0 aliphatic carbocycles. The van der Waals surface area contributed by atoms with Crippen molar-refractivity contribution in [1.82, 2.24) is 0 Å². The van der Waals surface area contributed by atoms with Crippen LogP contribution < -0.4 is 20.4 Å². The summed E-state index contributed by atoms with van der Waals surface area (Å²) in [5.74, 6) is -0.829. The molecule has 1 aromatic heterocycles. The Labute approximate surface area is 141 Å². The summed E-state index contributed by atoms with van der Waals surface area (Å²) in [6.07, 6.45) is 0. The molecule has 0 atom stereocenters. The van der Waals surface area contributed by atoms with Gasteiger partial charge < -0.3 is 19.2 Å². The number of methoxy groups -OCH3 is 2. The van der Waals surface area contributed by atoms with E-state index in [0.717, 1.165) is 6.07 Å². The van der Waals surface area contributed by atoms with Crippen LogP contribution in [0.5, 0.6) is 11.5 Å². The van der Waals surface area contributed by atoms with E-state index in [1.165, 1.54) is 32.4 Å². The molecule has 0 radical (unpaired) electrons. The molecule has 3 rings (SSSR count). The Hall–Kier alpha value is -3.35. The average Bonchev–Trinajstić information content (AvgIpc) is 2.62. The first-order chi connectivity index (χ1) is 12.0. The monoisotopic (exact) mass is 343 g/mol. The van der Waals surface area contributed by atoms with Crippen molar-refractivity contribution >= 4 is 22.4 Å². The minimum absolute atomic E-state index is 0.0116. The smallest absolute Gasteiger partial charge is 0.344 e. The van der Waals surface area contributed by atoms with E-state index in [0.29, 0.717) is 22.2 Å². The van der Waals surface area contributed by atoms with Crippen molar-refractivity contribution in [3.63, 3.8) is 0 Å². The first-order valence-electron chi connectivity index (χ1n) is 7.28. The Kier molecular flexibility index (Phi) is 4.38. The van der Waals surface area contributed by atoms with E-state index in [2.05, 4.69) is 5.32 Å². The molecule has 0 bridgehead atoms. The fraction of sp³-hybridized carbons (Fsp3) is 0.111. The van der Waals surface area contributed by atoms with Crippen molar-refractivity contribution in [3.05, 3.63) is 64.5 Å². The summed E-state index contributed by atoms with van der Waals surface area (Å²) in [6, 6.07) is 10.1. The molecule has 0 saturated carbocycles. The SMILES string of the molecule is COc1ccc2c(=O)oc(C(=O)Nc3ccc(F)c(OC)c3)cc2c1. The maximum Gasteiger partial charge on any atom is 0.344 e. The second-order valence-corrected chi connectivity index (χ2v) is 5.15. The van der Waals surface area contributed by atoms with Crippen LogP contribution in [0.2, 0.25) is 0 Å². The lowest BCUT2D eigenvalue weighted by Gasteiger charge is -2.08. The van der Waals surface area contributed by atoms with Crippen LogP contribution in [0.1, 0.15) is 10.6 Å². The van der Waals surface area contributed by atoms with Gasteiger partial charge in [-0.2, -0.15) is 0 Å². The van der Waals surface area contributed by atoms with E-state index < -0.39 is 17.3 Å². The third kappa shape index (κ3) is 3.30. The van der Waals surface area contributed by atoms with Gasteiger partial charge in [0.1, 0.15) is 5.75 Å². The predicted molar refractivity (Wildman–Crippen MR) is 89.9 cm³/mol. The number of anilines is 1. The number of fused-ring (bicyclic) bond motifs is 1. The van der Waals surface area contributed by atoms with Gasteiger partial charge in [0.2, 0.25) is 0 Å². The average molecular weight is 343 g/mol. The minimum atomic E-state index is -0.643. The molecule has 128 valence electrons. The van der Waals surface area contributed by atoms with Gasteiger partial charge in [0.25, 0.3) is 5.91 Å². The maximum absolute atomic E-state index is 13.4. The topological polar surface area (TPSA) is 77.8 Å². The van der Waals surface area contributed by atoms with Gasteiger partial charge in [-0.25, -0.2) is 9.18 Å². The van der Waals surface area contributed by atoms with Crippen LogP contribution in [0.25, 0.3) is 10.8 Å². The Bertz CT molecular complexity index is 1010. The number of hydrogen-bond donors (Lipinski definition) is 1. The van der Waals surface area contributed by atoms with Crippen molar-refractivity contribution in [1.29, 1.82) is 0 Å². The molecule has 25 heavy (non-hydrogen) atoms. The Morgan fingerprint density at radius 1 is 1.08 bits per heavy atom. The molecule has 0 saturated heterocycles. The molecule has 7 heteroatoms. The third-order valence-corrected chi connectivity index (χ3v) is 3.60. The zero-order valence-electron chi connectivity index (χ0n) is 13.5. The van der Waals surface area contributed by atoms with Crippen molar-refractivity contribution in [2.24, 2.45) is 0 Å². The number of halogens is 1. The normalized spacial score (nSPS) is 10.5. The first-order valence-corrected chi connectivity index (χ1v) is 7.28. The van der Waals surface area contributed by atoms with Gasteiger partial charge in [-0.3, -0.25) is 4.79 Å².